The minimum atomic E-state index is 0.722. The Morgan fingerprint density at radius 1 is 0.325 bits per heavy atom. The van der Waals surface area contributed by atoms with Crippen LogP contribution in [0.25, 0.3) is 78.1 Å². The summed E-state index contributed by atoms with van der Waals surface area (Å²) < 4.78 is 0. The van der Waals surface area contributed by atoms with Crippen molar-refractivity contribution in [1.82, 2.24) is 9.97 Å². The van der Waals surface area contributed by atoms with Crippen LogP contribution >= 0.6 is 0 Å². The molecule has 1 aromatic heterocycles. The maximum Gasteiger partial charge on any atom is 0.160 e. The molecule has 6 aromatic carbocycles. The summed E-state index contributed by atoms with van der Waals surface area (Å²) in [5.41, 5.74) is 12.6. The molecule has 2 heteroatoms. The van der Waals surface area contributed by atoms with Gasteiger partial charge in [0.2, 0.25) is 0 Å². The van der Waals surface area contributed by atoms with Gasteiger partial charge in [-0.15, -0.1) is 0 Å². The molecule has 0 fully saturated rings. The second-order valence-corrected chi connectivity index (χ2v) is 10.2. The quantitative estimate of drug-likeness (QED) is 0.236. The fourth-order valence-corrected chi connectivity index (χ4v) is 5.91. The molecule has 0 unspecified atom stereocenters. The van der Waals surface area contributed by atoms with E-state index in [-0.39, 0.29) is 0 Å². The lowest BCUT2D eigenvalue weighted by Crippen LogP contribution is -1.96. The summed E-state index contributed by atoms with van der Waals surface area (Å²) in [7, 11) is 0. The zero-order valence-electron chi connectivity index (χ0n) is 21.8. The van der Waals surface area contributed by atoms with E-state index in [4.69, 9.17) is 9.97 Å². The summed E-state index contributed by atoms with van der Waals surface area (Å²) in [5.74, 6) is 0.722. The average Bonchev–Trinajstić information content (AvgIpc) is 3.36. The first-order chi connectivity index (χ1) is 19.8. The van der Waals surface area contributed by atoms with Gasteiger partial charge in [0, 0.05) is 16.7 Å². The van der Waals surface area contributed by atoms with Crippen LogP contribution in [0.1, 0.15) is 0 Å². The molecule has 2 nitrogen and oxygen atoms in total. The lowest BCUT2D eigenvalue weighted by molar-refractivity contribution is 1.18. The largest absolute Gasteiger partial charge is 0.228 e. The normalized spacial score (nSPS) is 11.5. The Balaban J connectivity index is 1.29. The molecule has 1 aliphatic rings. The van der Waals surface area contributed by atoms with E-state index in [1.54, 1.807) is 0 Å². The molecular weight excluding hydrogens is 484 g/mol. The van der Waals surface area contributed by atoms with Gasteiger partial charge in [0.05, 0.1) is 11.4 Å². The molecule has 1 heterocycles. The number of benzene rings is 6. The summed E-state index contributed by atoms with van der Waals surface area (Å²) in [6, 6.07) is 51.3. The van der Waals surface area contributed by atoms with Crippen LogP contribution in [0.4, 0.5) is 0 Å². The second kappa shape index (κ2) is 9.14. The Labute approximate surface area is 233 Å². The highest BCUT2D eigenvalue weighted by atomic mass is 14.9. The first-order valence-electron chi connectivity index (χ1n) is 13.6. The molecule has 0 spiro atoms. The Morgan fingerprint density at radius 3 is 1.57 bits per heavy atom. The molecule has 0 saturated carbocycles. The van der Waals surface area contributed by atoms with Gasteiger partial charge < -0.3 is 0 Å². The van der Waals surface area contributed by atoms with Crippen LogP contribution in [0.5, 0.6) is 0 Å². The maximum absolute atomic E-state index is 5.04. The molecule has 7 aromatic rings. The monoisotopic (exact) mass is 508 g/mol. The van der Waals surface area contributed by atoms with Crippen molar-refractivity contribution in [2.45, 2.75) is 0 Å². The standard InChI is InChI=1S/C38H24N2/c1-3-11-25(12-4-1)35-24-36(26-13-5-2-6-14-26)40-38(39-35)29-17-9-15-27(21-29)30-22-28-16-10-20-33-31-18-7-8-19-32(31)34(23-30)37(28)33/h1-24H. The van der Waals surface area contributed by atoms with Crippen molar-refractivity contribution >= 4 is 10.8 Å². The van der Waals surface area contributed by atoms with Gasteiger partial charge in [-0.25, -0.2) is 9.97 Å². The highest BCUT2D eigenvalue weighted by Gasteiger charge is 2.21. The van der Waals surface area contributed by atoms with Gasteiger partial charge in [0.1, 0.15) is 0 Å². The minimum Gasteiger partial charge on any atom is -0.228 e. The van der Waals surface area contributed by atoms with Crippen molar-refractivity contribution in [1.29, 1.82) is 0 Å². The Hall–Kier alpha value is -5.34. The molecule has 0 saturated heterocycles. The van der Waals surface area contributed by atoms with Crippen molar-refractivity contribution in [3.8, 4) is 67.3 Å². The highest BCUT2D eigenvalue weighted by molar-refractivity contribution is 6.16. The van der Waals surface area contributed by atoms with Gasteiger partial charge in [0.15, 0.2) is 5.82 Å². The van der Waals surface area contributed by atoms with Crippen LogP contribution in [0.15, 0.2) is 146 Å². The maximum atomic E-state index is 5.04. The molecular formula is C38H24N2. The second-order valence-electron chi connectivity index (χ2n) is 10.2. The molecule has 0 radical (unpaired) electrons. The molecule has 186 valence electrons. The lowest BCUT2D eigenvalue weighted by atomic mass is 9.95. The van der Waals surface area contributed by atoms with Gasteiger partial charge in [-0.05, 0) is 68.4 Å². The molecule has 0 N–H and O–H groups in total. The molecule has 0 aliphatic heterocycles. The third kappa shape index (κ3) is 3.73. The third-order valence-corrected chi connectivity index (χ3v) is 7.80. The summed E-state index contributed by atoms with van der Waals surface area (Å²) in [5, 5.41) is 2.61. The fourth-order valence-electron chi connectivity index (χ4n) is 5.91. The first kappa shape index (κ1) is 22.6. The number of hydrogen-bond donors (Lipinski definition) is 0. The van der Waals surface area contributed by atoms with Crippen LogP contribution < -0.4 is 0 Å². The zero-order valence-corrected chi connectivity index (χ0v) is 21.8. The van der Waals surface area contributed by atoms with Gasteiger partial charge in [-0.3, -0.25) is 0 Å². The van der Waals surface area contributed by atoms with Crippen molar-refractivity contribution in [2.24, 2.45) is 0 Å². The number of rotatable bonds is 4. The number of aromatic nitrogens is 2. The van der Waals surface area contributed by atoms with Crippen molar-refractivity contribution in [3.05, 3.63) is 146 Å². The smallest absolute Gasteiger partial charge is 0.160 e. The Bertz CT molecular complexity index is 1990. The first-order valence-corrected chi connectivity index (χ1v) is 13.6. The van der Waals surface area contributed by atoms with E-state index in [2.05, 4.69) is 109 Å². The summed E-state index contributed by atoms with van der Waals surface area (Å²) in [4.78, 5) is 10.1. The summed E-state index contributed by atoms with van der Waals surface area (Å²) in [6.07, 6.45) is 0. The van der Waals surface area contributed by atoms with Crippen LogP contribution in [0.2, 0.25) is 0 Å². The summed E-state index contributed by atoms with van der Waals surface area (Å²) in [6.45, 7) is 0. The highest BCUT2D eigenvalue weighted by Crippen LogP contribution is 2.48. The van der Waals surface area contributed by atoms with Crippen molar-refractivity contribution in [2.75, 3.05) is 0 Å². The van der Waals surface area contributed by atoms with Crippen LogP contribution in [-0.2, 0) is 0 Å². The molecule has 40 heavy (non-hydrogen) atoms. The van der Waals surface area contributed by atoms with E-state index >= 15 is 0 Å². The van der Waals surface area contributed by atoms with E-state index in [1.165, 1.54) is 38.6 Å². The van der Waals surface area contributed by atoms with E-state index in [9.17, 15) is 0 Å². The van der Waals surface area contributed by atoms with Gasteiger partial charge in [-0.1, -0.05) is 121 Å². The Morgan fingerprint density at radius 2 is 0.875 bits per heavy atom. The molecule has 0 atom stereocenters. The van der Waals surface area contributed by atoms with Crippen LogP contribution in [0.3, 0.4) is 0 Å². The molecule has 8 rings (SSSR count). The molecule has 0 bridgehead atoms. The number of nitrogens with zero attached hydrogens (tertiary/aromatic N) is 2. The Kier molecular flexibility index (Phi) is 5.17. The number of hydrogen-bond acceptors (Lipinski definition) is 2. The van der Waals surface area contributed by atoms with Crippen molar-refractivity contribution < 1.29 is 0 Å². The van der Waals surface area contributed by atoms with E-state index in [0.717, 1.165) is 39.5 Å². The zero-order chi connectivity index (χ0) is 26.5. The SMILES string of the molecule is c1ccc(-c2cc(-c3ccccc3)nc(-c3cccc(-c4cc5c6c(cccc6c4)-c4ccccc4-5)c3)n2)cc1. The van der Waals surface area contributed by atoms with Crippen LogP contribution in [-0.4, -0.2) is 9.97 Å². The minimum absolute atomic E-state index is 0.722. The topological polar surface area (TPSA) is 25.8 Å². The van der Waals surface area contributed by atoms with Crippen molar-refractivity contribution in [3.63, 3.8) is 0 Å². The van der Waals surface area contributed by atoms with E-state index in [1.807, 2.05) is 36.4 Å². The van der Waals surface area contributed by atoms with E-state index < -0.39 is 0 Å². The average molecular weight is 509 g/mol. The predicted octanol–water partition coefficient (Wildman–Crippen LogP) is 9.95. The lowest BCUT2D eigenvalue weighted by Gasteiger charge is -2.11. The summed E-state index contributed by atoms with van der Waals surface area (Å²) >= 11 is 0. The van der Waals surface area contributed by atoms with Gasteiger partial charge in [-0.2, -0.15) is 0 Å². The van der Waals surface area contributed by atoms with Crippen LogP contribution in [0, 0.1) is 0 Å². The predicted molar refractivity (Wildman–Crippen MR) is 166 cm³/mol. The number of fused-ring (bicyclic) bond motifs is 3. The third-order valence-electron chi connectivity index (χ3n) is 7.80. The van der Waals surface area contributed by atoms with Gasteiger partial charge >= 0.3 is 0 Å². The molecule has 1 aliphatic carbocycles. The molecule has 0 amide bonds. The van der Waals surface area contributed by atoms with Gasteiger partial charge in [0.25, 0.3) is 0 Å². The fraction of sp³-hybridized carbons (Fsp3) is 0. The van der Waals surface area contributed by atoms with E-state index in [0.29, 0.717) is 0 Å².